The minimum atomic E-state index is -0.472. The summed E-state index contributed by atoms with van der Waals surface area (Å²) in [5.74, 6) is 0. The zero-order valence-corrected chi connectivity index (χ0v) is 15.6. The van der Waals surface area contributed by atoms with Gasteiger partial charge in [-0.3, -0.25) is 0 Å². The summed E-state index contributed by atoms with van der Waals surface area (Å²) in [5.41, 5.74) is 1.28. The van der Waals surface area contributed by atoms with E-state index in [0.717, 1.165) is 0 Å². The third kappa shape index (κ3) is 10.6. The molecule has 0 spiro atoms. The molecule has 0 heterocycles. The van der Waals surface area contributed by atoms with Crippen molar-refractivity contribution in [3.05, 3.63) is 69.7 Å². The van der Waals surface area contributed by atoms with Crippen LogP contribution in [-0.4, -0.2) is 0 Å². The Morgan fingerprint density at radius 1 is 0.667 bits per heavy atom. The second-order valence-corrected chi connectivity index (χ2v) is 7.44. The Bertz CT molecular complexity index is 545. The molecule has 0 unspecified atom stereocenters. The maximum atomic E-state index is 8.34. The van der Waals surface area contributed by atoms with E-state index in [1.807, 2.05) is 12.1 Å². The van der Waals surface area contributed by atoms with E-state index in [2.05, 4.69) is 0 Å². The Labute approximate surface area is 150 Å². The van der Waals surface area contributed by atoms with Crippen molar-refractivity contribution in [3.63, 3.8) is 0 Å². The molecule has 2 rings (SSSR count). The van der Waals surface area contributed by atoms with Crippen LogP contribution < -0.4 is 0 Å². The van der Waals surface area contributed by atoms with Crippen molar-refractivity contribution in [2.75, 3.05) is 0 Å². The second-order valence-electron chi connectivity index (χ2n) is 3.28. The van der Waals surface area contributed by atoms with Crippen molar-refractivity contribution >= 4 is 42.0 Å². The molecule has 2 nitrogen and oxygen atoms in total. The first-order valence-corrected chi connectivity index (χ1v) is 11.6. The molecule has 2 aromatic carbocycles. The molecule has 0 aliphatic heterocycles. The Morgan fingerprint density at radius 3 is 1.10 bits per heavy atom. The number of rotatable bonds is 0. The SMILES string of the molecule is N#Cc1ccc(Cl)cc1.N#Cc1ccc(Cl)cc1.[Cl][Pt][Cl]. The van der Waals surface area contributed by atoms with Crippen LogP contribution in [0.5, 0.6) is 0 Å². The van der Waals surface area contributed by atoms with Gasteiger partial charge in [0, 0.05) is 10.0 Å². The zero-order valence-electron chi connectivity index (χ0n) is 10.3. The third-order valence-corrected chi connectivity index (χ3v) is 2.45. The van der Waals surface area contributed by atoms with Crippen LogP contribution in [0.15, 0.2) is 48.5 Å². The molecule has 21 heavy (non-hydrogen) atoms. The van der Waals surface area contributed by atoms with Gasteiger partial charge in [-0.05, 0) is 48.5 Å². The molecule has 0 saturated heterocycles. The average Bonchev–Trinajstić information content (AvgIpc) is 2.50. The van der Waals surface area contributed by atoms with Gasteiger partial charge >= 0.3 is 35.3 Å². The van der Waals surface area contributed by atoms with Gasteiger partial charge in [-0.15, -0.1) is 0 Å². The fraction of sp³-hybridized carbons (Fsp3) is 0. The summed E-state index contributed by atoms with van der Waals surface area (Å²) in [6.45, 7) is 0. The number of nitriles is 2. The van der Waals surface area contributed by atoms with Crippen LogP contribution >= 0.6 is 42.0 Å². The van der Waals surface area contributed by atoms with E-state index >= 15 is 0 Å². The summed E-state index contributed by atoms with van der Waals surface area (Å²) in [6.07, 6.45) is 0. The molecule has 7 heteroatoms. The number of halogens is 4. The van der Waals surface area contributed by atoms with Crippen molar-refractivity contribution in [2.45, 2.75) is 0 Å². The van der Waals surface area contributed by atoms with Gasteiger partial charge in [-0.2, -0.15) is 10.5 Å². The molecule has 0 amide bonds. The van der Waals surface area contributed by atoms with Gasteiger partial charge in [-0.1, -0.05) is 23.2 Å². The first kappa shape index (κ1) is 20.3. The number of benzene rings is 2. The van der Waals surface area contributed by atoms with Crippen LogP contribution in [-0.2, 0) is 16.5 Å². The van der Waals surface area contributed by atoms with Crippen LogP contribution in [0, 0.1) is 22.7 Å². The van der Waals surface area contributed by atoms with Crippen molar-refractivity contribution < 1.29 is 16.5 Å². The summed E-state index contributed by atoms with van der Waals surface area (Å²) in [5, 5.41) is 18.0. The summed E-state index contributed by atoms with van der Waals surface area (Å²) in [7, 11) is 9.75. The molecule has 0 fully saturated rings. The average molecular weight is 541 g/mol. The Kier molecular flexibility index (Phi) is 12.5. The normalized spacial score (nSPS) is 8.29. The van der Waals surface area contributed by atoms with E-state index in [9.17, 15) is 0 Å². The number of hydrogen-bond donors (Lipinski definition) is 0. The van der Waals surface area contributed by atoms with E-state index < -0.39 is 16.5 Å². The molecular formula is C14H8Cl4N2Pt. The Balaban J connectivity index is 0.000000322. The fourth-order valence-electron chi connectivity index (χ4n) is 1.05. The Hall–Kier alpha value is -0.732. The van der Waals surface area contributed by atoms with Crippen molar-refractivity contribution in [2.24, 2.45) is 0 Å². The van der Waals surface area contributed by atoms with Crippen molar-refractivity contribution in [1.29, 1.82) is 10.5 Å². The number of nitrogens with zero attached hydrogens (tertiary/aromatic N) is 2. The summed E-state index contributed by atoms with van der Waals surface area (Å²) in [6, 6.07) is 17.5. The first-order chi connectivity index (χ1) is 10.1. The van der Waals surface area contributed by atoms with E-state index in [4.69, 9.17) is 52.6 Å². The molecule has 0 aliphatic carbocycles. The molecule has 0 saturated carbocycles. The quantitative estimate of drug-likeness (QED) is 0.424. The molecular weight excluding hydrogens is 533 g/mol. The predicted molar refractivity (Wildman–Crippen MR) is 84.0 cm³/mol. The van der Waals surface area contributed by atoms with Crippen molar-refractivity contribution in [3.8, 4) is 12.1 Å². The fourth-order valence-corrected chi connectivity index (χ4v) is 1.30. The van der Waals surface area contributed by atoms with Gasteiger partial charge in [0.1, 0.15) is 0 Å². The van der Waals surface area contributed by atoms with Gasteiger partial charge in [0.2, 0.25) is 0 Å². The van der Waals surface area contributed by atoms with Crippen LogP contribution in [0.25, 0.3) is 0 Å². The standard InChI is InChI=1S/2C7H4ClN.2ClH.Pt/c2*8-7-3-1-6(5-9)2-4-7;;;/h2*1-4H;2*1H;/q;;;;+2/p-2. The molecule has 0 aromatic heterocycles. The monoisotopic (exact) mass is 539 g/mol. The van der Waals surface area contributed by atoms with E-state index in [0.29, 0.717) is 21.2 Å². The molecule has 0 radical (unpaired) electrons. The zero-order chi connectivity index (χ0) is 16.1. The van der Waals surface area contributed by atoms with Crippen molar-refractivity contribution in [1.82, 2.24) is 0 Å². The molecule has 112 valence electrons. The summed E-state index contributed by atoms with van der Waals surface area (Å²) in [4.78, 5) is 0. The van der Waals surface area contributed by atoms with Crippen LogP contribution in [0.3, 0.4) is 0 Å². The minimum absolute atomic E-state index is 0.472. The molecule has 0 N–H and O–H groups in total. The van der Waals surface area contributed by atoms with E-state index in [1.165, 1.54) is 0 Å². The van der Waals surface area contributed by atoms with Gasteiger partial charge in [0.15, 0.2) is 0 Å². The number of hydrogen-bond acceptors (Lipinski definition) is 2. The second kappa shape index (κ2) is 13.0. The predicted octanol–water partition coefficient (Wildman–Crippen LogP) is 5.80. The maximum absolute atomic E-state index is 8.34. The van der Waals surface area contributed by atoms with Gasteiger partial charge in [-0.25, -0.2) is 0 Å². The van der Waals surface area contributed by atoms with Crippen LogP contribution in [0.2, 0.25) is 10.0 Å². The van der Waals surface area contributed by atoms with Crippen LogP contribution in [0.4, 0.5) is 0 Å². The van der Waals surface area contributed by atoms with Gasteiger partial charge in [0.05, 0.1) is 23.3 Å². The summed E-state index contributed by atoms with van der Waals surface area (Å²) >= 11 is 10.6. The molecule has 2 aromatic rings. The van der Waals surface area contributed by atoms with E-state index in [1.54, 1.807) is 48.5 Å². The molecule has 0 bridgehead atoms. The van der Waals surface area contributed by atoms with Gasteiger partial charge in [0.25, 0.3) is 0 Å². The molecule has 0 aliphatic rings. The Morgan fingerprint density at radius 2 is 0.905 bits per heavy atom. The molecule has 0 atom stereocenters. The van der Waals surface area contributed by atoms with E-state index in [-0.39, 0.29) is 0 Å². The third-order valence-electron chi connectivity index (χ3n) is 1.95. The first-order valence-electron chi connectivity index (χ1n) is 5.21. The summed E-state index contributed by atoms with van der Waals surface area (Å²) < 4.78 is 0. The topological polar surface area (TPSA) is 47.6 Å². The van der Waals surface area contributed by atoms with Gasteiger partial charge < -0.3 is 0 Å². The van der Waals surface area contributed by atoms with Crippen LogP contribution in [0.1, 0.15) is 11.1 Å².